The SMILES string of the molecule is COCCc1ccccc1S(=O)(=O)Cl. The van der Waals surface area contributed by atoms with Gasteiger partial charge in [0, 0.05) is 17.8 Å². The third-order valence-corrected chi connectivity index (χ3v) is 3.23. The van der Waals surface area contributed by atoms with Gasteiger partial charge in [-0.25, -0.2) is 8.42 Å². The van der Waals surface area contributed by atoms with Crippen LogP contribution in [0.25, 0.3) is 0 Å². The predicted molar refractivity (Wildman–Crippen MR) is 55.1 cm³/mol. The highest BCUT2D eigenvalue weighted by molar-refractivity contribution is 8.13. The monoisotopic (exact) mass is 234 g/mol. The molecule has 0 unspecified atom stereocenters. The molecule has 5 heteroatoms. The molecule has 0 atom stereocenters. The normalized spacial score (nSPS) is 11.6. The lowest BCUT2D eigenvalue weighted by Crippen LogP contribution is -2.01. The molecule has 3 nitrogen and oxygen atoms in total. The molecule has 0 aromatic heterocycles. The first-order chi connectivity index (χ1) is 6.55. The van der Waals surface area contributed by atoms with Crippen molar-refractivity contribution in [2.45, 2.75) is 11.3 Å². The fourth-order valence-corrected chi connectivity index (χ4v) is 2.34. The van der Waals surface area contributed by atoms with Crippen LogP contribution < -0.4 is 0 Å². The van der Waals surface area contributed by atoms with Gasteiger partial charge < -0.3 is 4.74 Å². The van der Waals surface area contributed by atoms with Crippen molar-refractivity contribution >= 4 is 19.7 Å². The Labute approximate surface area is 88.1 Å². The summed E-state index contributed by atoms with van der Waals surface area (Å²) in [6.07, 6.45) is 0.540. The lowest BCUT2D eigenvalue weighted by atomic mass is 10.2. The van der Waals surface area contributed by atoms with Gasteiger partial charge in [-0.3, -0.25) is 0 Å². The first kappa shape index (κ1) is 11.5. The van der Waals surface area contributed by atoms with E-state index >= 15 is 0 Å². The summed E-state index contributed by atoms with van der Waals surface area (Å²) < 4.78 is 27.2. The minimum atomic E-state index is -3.65. The summed E-state index contributed by atoms with van der Waals surface area (Å²) in [4.78, 5) is 0.165. The molecule has 0 radical (unpaired) electrons. The van der Waals surface area contributed by atoms with Crippen LogP contribution in [-0.4, -0.2) is 22.1 Å². The summed E-state index contributed by atoms with van der Waals surface area (Å²) in [6, 6.07) is 6.64. The summed E-state index contributed by atoms with van der Waals surface area (Å²) in [5.74, 6) is 0. The Morgan fingerprint density at radius 1 is 1.36 bits per heavy atom. The van der Waals surface area contributed by atoms with E-state index in [4.69, 9.17) is 15.4 Å². The molecule has 0 heterocycles. The van der Waals surface area contributed by atoms with E-state index in [1.54, 1.807) is 25.3 Å². The molecule has 0 aliphatic heterocycles. The van der Waals surface area contributed by atoms with Crippen LogP contribution in [0.1, 0.15) is 5.56 Å². The molecule has 0 amide bonds. The number of ether oxygens (including phenoxy) is 1. The van der Waals surface area contributed by atoms with Crippen LogP contribution in [0.4, 0.5) is 0 Å². The molecule has 0 fully saturated rings. The van der Waals surface area contributed by atoms with Crippen molar-refractivity contribution in [3.05, 3.63) is 29.8 Å². The van der Waals surface area contributed by atoms with Crippen LogP contribution in [0.15, 0.2) is 29.2 Å². The minimum Gasteiger partial charge on any atom is -0.384 e. The van der Waals surface area contributed by atoms with Gasteiger partial charge in [0.05, 0.1) is 11.5 Å². The third kappa shape index (κ3) is 2.97. The van der Waals surface area contributed by atoms with Crippen LogP contribution in [-0.2, 0) is 20.2 Å². The number of halogens is 1. The summed E-state index contributed by atoms with van der Waals surface area (Å²) in [6.45, 7) is 0.476. The molecule has 0 N–H and O–H groups in total. The van der Waals surface area contributed by atoms with Gasteiger partial charge in [-0.05, 0) is 18.1 Å². The van der Waals surface area contributed by atoms with E-state index in [9.17, 15) is 8.42 Å². The lowest BCUT2D eigenvalue weighted by molar-refractivity contribution is 0.202. The zero-order valence-electron chi connectivity index (χ0n) is 7.73. The van der Waals surface area contributed by atoms with E-state index in [0.717, 1.165) is 0 Å². The van der Waals surface area contributed by atoms with Gasteiger partial charge in [0.2, 0.25) is 0 Å². The molecule has 1 rings (SSSR count). The Kier molecular flexibility index (Phi) is 3.92. The molecule has 1 aromatic carbocycles. The number of benzene rings is 1. The van der Waals surface area contributed by atoms with Gasteiger partial charge in [-0.1, -0.05) is 18.2 Å². The molecule has 0 saturated carbocycles. The van der Waals surface area contributed by atoms with Crippen molar-refractivity contribution in [2.24, 2.45) is 0 Å². The molecular formula is C9H11ClO3S. The van der Waals surface area contributed by atoms with Crippen LogP contribution in [0, 0.1) is 0 Å². The van der Waals surface area contributed by atoms with Gasteiger partial charge in [-0.15, -0.1) is 0 Å². The van der Waals surface area contributed by atoms with Gasteiger partial charge >= 0.3 is 0 Å². The lowest BCUT2D eigenvalue weighted by Gasteiger charge is -2.05. The zero-order chi connectivity index (χ0) is 10.6. The molecule has 0 aliphatic rings. The summed E-state index contributed by atoms with van der Waals surface area (Å²) in [5, 5.41) is 0. The molecule has 1 aromatic rings. The van der Waals surface area contributed by atoms with E-state index < -0.39 is 9.05 Å². The average Bonchev–Trinajstić information content (AvgIpc) is 2.14. The Morgan fingerprint density at radius 3 is 2.57 bits per heavy atom. The second-order valence-electron chi connectivity index (χ2n) is 2.79. The topological polar surface area (TPSA) is 43.4 Å². The summed E-state index contributed by atoms with van der Waals surface area (Å²) >= 11 is 0. The van der Waals surface area contributed by atoms with Crippen LogP contribution in [0.2, 0.25) is 0 Å². The average molecular weight is 235 g/mol. The van der Waals surface area contributed by atoms with E-state index in [1.807, 2.05) is 0 Å². The molecule has 0 spiro atoms. The maximum Gasteiger partial charge on any atom is 0.261 e. The van der Waals surface area contributed by atoms with Crippen molar-refractivity contribution in [1.82, 2.24) is 0 Å². The van der Waals surface area contributed by atoms with Crippen LogP contribution in [0.3, 0.4) is 0 Å². The summed E-state index contributed by atoms with van der Waals surface area (Å²) in [7, 11) is 3.19. The second kappa shape index (κ2) is 4.77. The minimum absolute atomic E-state index is 0.165. The van der Waals surface area contributed by atoms with Crippen molar-refractivity contribution in [1.29, 1.82) is 0 Å². The van der Waals surface area contributed by atoms with E-state index in [-0.39, 0.29) is 4.90 Å². The zero-order valence-corrected chi connectivity index (χ0v) is 9.31. The Bertz CT molecular complexity index is 400. The van der Waals surface area contributed by atoms with Gasteiger partial charge in [-0.2, -0.15) is 0 Å². The highest BCUT2D eigenvalue weighted by Gasteiger charge is 2.13. The molecule has 0 aliphatic carbocycles. The van der Waals surface area contributed by atoms with E-state index in [2.05, 4.69) is 0 Å². The van der Waals surface area contributed by atoms with Crippen molar-refractivity contribution in [3.8, 4) is 0 Å². The summed E-state index contributed by atoms with van der Waals surface area (Å²) in [5.41, 5.74) is 0.685. The maximum atomic E-state index is 11.1. The molecule has 78 valence electrons. The second-order valence-corrected chi connectivity index (χ2v) is 5.32. The van der Waals surface area contributed by atoms with Gasteiger partial charge in [0.1, 0.15) is 0 Å². The smallest absolute Gasteiger partial charge is 0.261 e. The first-order valence-electron chi connectivity index (χ1n) is 4.07. The first-order valence-corrected chi connectivity index (χ1v) is 6.38. The maximum absolute atomic E-state index is 11.1. The van der Waals surface area contributed by atoms with Gasteiger partial charge in [0.25, 0.3) is 9.05 Å². The molecule has 0 bridgehead atoms. The van der Waals surface area contributed by atoms with Crippen LogP contribution in [0.5, 0.6) is 0 Å². The fourth-order valence-electron chi connectivity index (χ4n) is 1.16. The molecular weight excluding hydrogens is 224 g/mol. The van der Waals surface area contributed by atoms with E-state index in [0.29, 0.717) is 18.6 Å². The Hall–Kier alpha value is -0.580. The van der Waals surface area contributed by atoms with Crippen LogP contribution >= 0.6 is 10.7 Å². The van der Waals surface area contributed by atoms with Crippen molar-refractivity contribution in [3.63, 3.8) is 0 Å². The van der Waals surface area contributed by atoms with Crippen molar-refractivity contribution < 1.29 is 13.2 Å². The highest BCUT2D eigenvalue weighted by Crippen LogP contribution is 2.19. The molecule has 0 saturated heterocycles. The number of rotatable bonds is 4. The third-order valence-electron chi connectivity index (χ3n) is 1.81. The Balaban J connectivity index is 3.04. The van der Waals surface area contributed by atoms with E-state index in [1.165, 1.54) is 6.07 Å². The Morgan fingerprint density at radius 2 is 2.00 bits per heavy atom. The standard InChI is InChI=1S/C9H11ClO3S/c1-13-7-6-8-4-2-3-5-9(8)14(10,11)12/h2-5H,6-7H2,1H3. The largest absolute Gasteiger partial charge is 0.384 e. The highest BCUT2D eigenvalue weighted by atomic mass is 35.7. The number of hydrogen-bond acceptors (Lipinski definition) is 3. The predicted octanol–water partition coefficient (Wildman–Crippen LogP) is 1.80. The fraction of sp³-hybridized carbons (Fsp3) is 0.333. The number of hydrogen-bond donors (Lipinski definition) is 0. The number of methoxy groups -OCH3 is 1. The van der Waals surface area contributed by atoms with Gasteiger partial charge in [0.15, 0.2) is 0 Å². The quantitative estimate of drug-likeness (QED) is 0.747. The molecule has 14 heavy (non-hydrogen) atoms. The van der Waals surface area contributed by atoms with Crippen molar-refractivity contribution in [2.75, 3.05) is 13.7 Å².